The monoisotopic (exact) mass is 295 g/mol. The third-order valence-corrected chi connectivity index (χ3v) is 3.42. The van der Waals surface area contributed by atoms with E-state index < -0.39 is 11.7 Å². The Morgan fingerprint density at radius 3 is 2.76 bits per heavy atom. The molecule has 0 aliphatic carbocycles. The zero-order chi connectivity index (χ0) is 15.2. The van der Waals surface area contributed by atoms with Gasteiger partial charge in [0, 0.05) is 24.5 Å². The number of rotatable bonds is 1. The number of pyridine rings is 2. The number of aryl methyl sites for hydroxylation is 1. The van der Waals surface area contributed by atoms with Crippen molar-refractivity contribution in [2.45, 2.75) is 19.5 Å². The van der Waals surface area contributed by atoms with Gasteiger partial charge in [0.1, 0.15) is 5.82 Å². The van der Waals surface area contributed by atoms with Crippen molar-refractivity contribution in [3.05, 3.63) is 51.6 Å². The number of nitrogens with zero attached hydrogens (tertiary/aromatic N) is 2. The highest BCUT2D eigenvalue weighted by Crippen LogP contribution is 2.36. The molecule has 1 N–H and O–H groups in total. The Morgan fingerprint density at radius 2 is 2.05 bits per heavy atom. The number of anilines is 2. The Kier molecular flexibility index (Phi) is 3.00. The van der Waals surface area contributed by atoms with E-state index in [9.17, 15) is 18.0 Å². The van der Waals surface area contributed by atoms with Crippen molar-refractivity contribution in [2.24, 2.45) is 0 Å². The van der Waals surface area contributed by atoms with Crippen molar-refractivity contribution in [1.82, 2.24) is 9.97 Å². The Labute approximate surface area is 118 Å². The Morgan fingerprint density at radius 1 is 1.29 bits per heavy atom. The van der Waals surface area contributed by atoms with Crippen LogP contribution in [-0.2, 0) is 12.6 Å². The number of alkyl halides is 3. The van der Waals surface area contributed by atoms with Crippen LogP contribution in [-0.4, -0.2) is 16.5 Å². The SMILES string of the molecule is Cc1cc(C(F)(F)F)cc(N2CCc3c[nH]c(=O)cc32)n1. The topological polar surface area (TPSA) is 49.0 Å². The van der Waals surface area contributed by atoms with Gasteiger partial charge in [-0.1, -0.05) is 0 Å². The third kappa shape index (κ3) is 2.51. The van der Waals surface area contributed by atoms with Crippen LogP contribution in [0.3, 0.4) is 0 Å². The van der Waals surface area contributed by atoms with E-state index in [4.69, 9.17) is 0 Å². The number of H-pyrrole nitrogens is 1. The second-order valence-corrected chi connectivity index (χ2v) is 4.96. The van der Waals surface area contributed by atoms with Crippen LogP contribution in [0, 0.1) is 6.92 Å². The fourth-order valence-electron chi connectivity index (χ4n) is 2.49. The van der Waals surface area contributed by atoms with Gasteiger partial charge in [-0.15, -0.1) is 0 Å². The Bertz CT molecular complexity index is 752. The molecule has 0 saturated carbocycles. The lowest BCUT2D eigenvalue weighted by molar-refractivity contribution is -0.137. The van der Waals surface area contributed by atoms with E-state index in [1.807, 2.05) is 0 Å². The van der Waals surface area contributed by atoms with Crippen LogP contribution in [0.4, 0.5) is 24.7 Å². The van der Waals surface area contributed by atoms with Gasteiger partial charge >= 0.3 is 6.18 Å². The summed E-state index contributed by atoms with van der Waals surface area (Å²) in [7, 11) is 0. The maximum atomic E-state index is 12.9. The first-order chi connectivity index (χ1) is 9.84. The minimum absolute atomic E-state index is 0.215. The summed E-state index contributed by atoms with van der Waals surface area (Å²) in [4.78, 5) is 19.8. The lowest BCUT2D eigenvalue weighted by Crippen LogP contribution is -2.18. The van der Waals surface area contributed by atoms with E-state index in [1.165, 1.54) is 13.0 Å². The number of halogens is 3. The van der Waals surface area contributed by atoms with Crippen LogP contribution in [0.25, 0.3) is 0 Å². The van der Waals surface area contributed by atoms with E-state index in [-0.39, 0.29) is 17.1 Å². The zero-order valence-corrected chi connectivity index (χ0v) is 11.2. The Balaban J connectivity index is 2.09. The van der Waals surface area contributed by atoms with Gasteiger partial charge in [-0.3, -0.25) is 4.79 Å². The standard InChI is InChI=1S/C14H12F3N3O/c1-8-4-10(14(15,16)17)5-12(19-8)20-3-2-9-7-18-13(21)6-11(9)20/h4-7H,2-3H2,1H3,(H,18,21). The van der Waals surface area contributed by atoms with E-state index in [2.05, 4.69) is 9.97 Å². The molecule has 0 spiro atoms. The summed E-state index contributed by atoms with van der Waals surface area (Å²) in [6.45, 7) is 2.02. The first-order valence-electron chi connectivity index (χ1n) is 6.39. The molecule has 21 heavy (non-hydrogen) atoms. The minimum atomic E-state index is -4.42. The second-order valence-electron chi connectivity index (χ2n) is 4.96. The largest absolute Gasteiger partial charge is 0.416 e. The van der Waals surface area contributed by atoms with Gasteiger partial charge < -0.3 is 9.88 Å². The quantitative estimate of drug-likeness (QED) is 0.880. The van der Waals surface area contributed by atoms with Gasteiger partial charge in [-0.25, -0.2) is 4.98 Å². The summed E-state index contributed by atoms with van der Waals surface area (Å²) >= 11 is 0. The van der Waals surface area contributed by atoms with Gasteiger partial charge in [-0.2, -0.15) is 13.2 Å². The molecular formula is C14H12F3N3O. The summed E-state index contributed by atoms with van der Waals surface area (Å²) in [5, 5.41) is 0. The molecule has 110 valence electrons. The molecule has 3 heterocycles. The molecule has 2 aromatic heterocycles. The van der Waals surface area contributed by atoms with Crippen LogP contribution in [0.5, 0.6) is 0 Å². The van der Waals surface area contributed by atoms with E-state index in [1.54, 1.807) is 11.1 Å². The van der Waals surface area contributed by atoms with E-state index in [0.717, 1.165) is 17.7 Å². The van der Waals surface area contributed by atoms with Gasteiger partial charge in [-0.05, 0) is 31.0 Å². The number of nitrogens with one attached hydrogen (secondary N) is 1. The van der Waals surface area contributed by atoms with E-state index in [0.29, 0.717) is 18.7 Å². The summed E-state index contributed by atoms with van der Waals surface area (Å²) in [6.07, 6.45) is -2.17. The number of hydrogen-bond acceptors (Lipinski definition) is 3. The summed E-state index contributed by atoms with van der Waals surface area (Å²) in [5.41, 5.74) is 0.780. The number of hydrogen-bond donors (Lipinski definition) is 1. The number of aromatic amines is 1. The number of aromatic nitrogens is 2. The molecule has 0 amide bonds. The highest BCUT2D eigenvalue weighted by Gasteiger charge is 2.32. The molecule has 1 aliphatic rings. The third-order valence-electron chi connectivity index (χ3n) is 3.42. The molecule has 7 heteroatoms. The highest BCUT2D eigenvalue weighted by molar-refractivity contribution is 5.67. The van der Waals surface area contributed by atoms with Crippen molar-refractivity contribution >= 4 is 11.5 Å². The average molecular weight is 295 g/mol. The molecule has 0 bridgehead atoms. The molecule has 0 fully saturated rings. The maximum absolute atomic E-state index is 12.9. The first-order valence-corrected chi connectivity index (χ1v) is 6.39. The van der Waals surface area contributed by atoms with E-state index >= 15 is 0 Å². The van der Waals surface area contributed by atoms with Gasteiger partial charge in [0.15, 0.2) is 0 Å². The van der Waals surface area contributed by atoms with Crippen LogP contribution in [0.15, 0.2) is 29.2 Å². The van der Waals surface area contributed by atoms with Gasteiger partial charge in [0.25, 0.3) is 0 Å². The minimum Gasteiger partial charge on any atom is -0.329 e. The Hall–Kier alpha value is -2.31. The van der Waals surface area contributed by atoms with Crippen molar-refractivity contribution in [3.8, 4) is 0 Å². The van der Waals surface area contributed by atoms with Crippen molar-refractivity contribution < 1.29 is 13.2 Å². The summed E-state index contributed by atoms with van der Waals surface area (Å²) in [5.74, 6) is 0.215. The lowest BCUT2D eigenvalue weighted by Gasteiger charge is -2.20. The molecule has 0 unspecified atom stereocenters. The molecular weight excluding hydrogens is 283 g/mol. The smallest absolute Gasteiger partial charge is 0.329 e. The van der Waals surface area contributed by atoms with Crippen molar-refractivity contribution in [2.75, 3.05) is 11.4 Å². The maximum Gasteiger partial charge on any atom is 0.416 e. The predicted octanol–water partition coefficient (Wildman–Crippen LogP) is 2.79. The first kappa shape index (κ1) is 13.7. The van der Waals surface area contributed by atoms with Crippen molar-refractivity contribution in [1.29, 1.82) is 0 Å². The van der Waals surface area contributed by atoms with Gasteiger partial charge in [0.05, 0.1) is 11.3 Å². The second kappa shape index (κ2) is 4.61. The summed E-state index contributed by atoms with van der Waals surface area (Å²) in [6, 6.07) is 3.42. The van der Waals surface area contributed by atoms with Crippen LogP contribution >= 0.6 is 0 Å². The lowest BCUT2D eigenvalue weighted by atomic mass is 10.2. The predicted molar refractivity (Wildman–Crippen MR) is 71.7 cm³/mol. The van der Waals surface area contributed by atoms with Crippen LogP contribution < -0.4 is 10.5 Å². The fourth-order valence-corrected chi connectivity index (χ4v) is 2.49. The van der Waals surface area contributed by atoms with Gasteiger partial charge in [0.2, 0.25) is 5.56 Å². The molecule has 1 aliphatic heterocycles. The molecule has 3 rings (SSSR count). The molecule has 0 saturated heterocycles. The zero-order valence-electron chi connectivity index (χ0n) is 11.2. The molecule has 0 radical (unpaired) electrons. The number of fused-ring (bicyclic) bond motifs is 1. The molecule has 4 nitrogen and oxygen atoms in total. The summed E-state index contributed by atoms with van der Waals surface area (Å²) < 4.78 is 38.7. The average Bonchev–Trinajstić information content (AvgIpc) is 2.79. The molecule has 0 atom stereocenters. The molecule has 2 aromatic rings. The highest BCUT2D eigenvalue weighted by atomic mass is 19.4. The van der Waals surface area contributed by atoms with Crippen molar-refractivity contribution in [3.63, 3.8) is 0 Å². The molecule has 0 aromatic carbocycles. The fraction of sp³-hybridized carbons (Fsp3) is 0.286. The van der Waals surface area contributed by atoms with Crippen LogP contribution in [0.1, 0.15) is 16.8 Å². The normalized spacial score (nSPS) is 14.4. The van der Waals surface area contributed by atoms with Crippen LogP contribution in [0.2, 0.25) is 0 Å².